The summed E-state index contributed by atoms with van der Waals surface area (Å²) in [7, 11) is 1.43. The van der Waals surface area contributed by atoms with E-state index in [1.807, 2.05) is 0 Å². The van der Waals surface area contributed by atoms with Crippen LogP contribution in [0.25, 0.3) is 0 Å². The molecule has 0 aliphatic carbocycles. The molecule has 1 amide bonds. The van der Waals surface area contributed by atoms with Crippen LogP contribution in [-0.2, 0) is 4.79 Å². The van der Waals surface area contributed by atoms with E-state index in [1.165, 1.54) is 26.2 Å². The highest BCUT2D eigenvalue weighted by atomic mass is 35.5. The lowest BCUT2D eigenvalue weighted by molar-refractivity contribution is -0.114. The first-order valence-electron chi connectivity index (χ1n) is 6.53. The molecule has 0 bridgehead atoms. The van der Waals surface area contributed by atoms with E-state index in [0.717, 1.165) is 0 Å². The fourth-order valence-corrected chi connectivity index (χ4v) is 2.49. The molecule has 0 saturated carbocycles. The highest BCUT2D eigenvalue weighted by Crippen LogP contribution is 2.34. The van der Waals surface area contributed by atoms with Crippen LogP contribution in [0.5, 0.6) is 11.5 Å². The van der Waals surface area contributed by atoms with Crippen LogP contribution in [0.3, 0.4) is 0 Å². The molecule has 23 heavy (non-hydrogen) atoms. The molecular formula is C16H13Cl2NO4. The van der Waals surface area contributed by atoms with Crippen molar-refractivity contribution >= 4 is 40.8 Å². The Labute approximate surface area is 143 Å². The number of esters is 1. The van der Waals surface area contributed by atoms with Gasteiger partial charge in [-0.25, -0.2) is 4.79 Å². The van der Waals surface area contributed by atoms with Crippen LogP contribution in [0.4, 0.5) is 5.69 Å². The Morgan fingerprint density at radius 2 is 1.61 bits per heavy atom. The zero-order chi connectivity index (χ0) is 17.0. The quantitative estimate of drug-likeness (QED) is 0.661. The molecule has 7 heteroatoms. The van der Waals surface area contributed by atoms with E-state index in [9.17, 15) is 9.59 Å². The van der Waals surface area contributed by atoms with Gasteiger partial charge in [-0.15, -0.1) is 0 Å². The lowest BCUT2D eigenvalue weighted by Crippen LogP contribution is -2.09. The Hall–Kier alpha value is -2.24. The first-order chi connectivity index (χ1) is 10.9. The monoisotopic (exact) mass is 353 g/mol. The molecule has 0 heterocycles. The lowest BCUT2D eigenvalue weighted by atomic mass is 10.2. The Bertz CT molecular complexity index is 721. The summed E-state index contributed by atoms with van der Waals surface area (Å²) in [6.07, 6.45) is 0. The first kappa shape index (κ1) is 17.1. The Morgan fingerprint density at radius 1 is 1.04 bits per heavy atom. The predicted molar refractivity (Wildman–Crippen MR) is 88.7 cm³/mol. The van der Waals surface area contributed by atoms with Gasteiger partial charge in [0, 0.05) is 12.6 Å². The summed E-state index contributed by atoms with van der Waals surface area (Å²) in [5.41, 5.74) is 0.805. The fraction of sp³-hybridized carbons (Fsp3) is 0.125. The highest BCUT2D eigenvalue weighted by Gasteiger charge is 2.15. The van der Waals surface area contributed by atoms with E-state index < -0.39 is 5.97 Å². The summed E-state index contributed by atoms with van der Waals surface area (Å²) in [6, 6.07) is 9.21. The standard InChI is InChI=1S/C16H13Cl2NO4/c1-9(20)19-11-3-5-12(6-4-11)23-16(21)10-7-13(17)15(22-2)14(18)8-10/h3-8H,1-2H3,(H,19,20). The average Bonchev–Trinajstić information content (AvgIpc) is 2.48. The Morgan fingerprint density at radius 3 is 2.09 bits per heavy atom. The molecule has 0 saturated heterocycles. The van der Waals surface area contributed by atoms with Gasteiger partial charge in [0.2, 0.25) is 5.91 Å². The number of halogens is 2. The van der Waals surface area contributed by atoms with Crippen LogP contribution in [-0.4, -0.2) is 19.0 Å². The topological polar surface area (TPSA) is 64.6 Å². The van der Waals surface area contributed by atoms with Crippen molar-refractivity contribution in [2.24, 2.45) is 0 Å². The van der Waals surface area contributed by atoms with Crippen LogP contribution in [0, 0.1) is 0 Å². The molecule has 2 rings (SSSR count). The van der Waals surface area contributed by atoms with Crippen LogP contribution in [0.1, 0.15) is 17.3 Å². The number of carbonyl (C=O) groups is 2. The van der Waals surface area contributed by atoms with Gasteiger partial charge in [0.15, 0.2) is 5.75 Å². The number of ether oxygens (including phenoxy) is 2. The maximum Gasteiger partial charge on any atom is 0.343 e. The van der Waals surface area contributed by atoms with Gasteiger partial charge in [0.1, 0.15) is 5.75 Å². The molecule has 0 aliphatic rings. The number of anilines is 1. The first-order valence-corrected chi connectivity index (χ1v) is 7.29. The molecule has 5 nitrogen and oxygen atoms in total. The number of carbonyl (C=O) groups excluding carboxylic acids is 2. The molecule has 120 valence electrons. The molecule has 2 aromatic carbocycles. The fourth-order valence-electron chi connectivity index (χ4n) is 1.85. The van der Waals surface area contributed by atoms with Gasteiger partial charge in [0.05, 0.1) is 22.7 Å². The summed E-state index contributed by atoms with van der Waals surface area (Å²) < 4.78 is 10.3. The van der Waals surface area contributed by atoms with Gasteiger partial charge >= 0.3 is 5.97 Å². The van der Waals surface area contributed by atoms with Crippen molar-refractivity contribution in [3.63, 3.8) is 0 Å². The van der Waals surface area contributed by atoms with E-state index >= 15 is 0 Å². The zero-order valence-electron chi connectivity index (χ0n) is 12.4. The smallest absolute Gasteiger partial charge is 0.343 e. The second-order valence-corrected chi connectivity index (χ2v) is 5.38. The zero-order valence-corrected chi connectivity index (χ0v) is 13.9. The molecule has 0 unspecified atom stereocenters. The third-order valence-corrected chi connectivity index (χ3v) is 3.38. The number of methoxy groups -OCH3 is 1. The number of benzene rings is 2. The van der Waals surface area contributed by atoms with Crippen molar-refractivity contribution < 1.29 is 19.1 Å². The Kier molecular flexibility index (Phi) is 5.47. The molecule has 2 aromatic rings. The van der Waals surface area contributed by atoms with Gasteiger partial charge in [-0.2, -0.15) is 0 Å². The number of nitrogens with one attached hydrogen (secondary N) is 1. The van der Waals surface area contributed by atoms with Crippen molar-refractivity contribution in [3.05, 3.63) is 52.0 Å². The summed E-state index contributed by atoms with van der Waals surface area (Å²) in [6.45, 7) is 1.41. The second-order valence-electron chi connectivity index (χ2n) is 4.57. The lowest BCUT2D eigenvalue weighted by Gasteiger charge is -2.09. The van der Waals surface area contributed by atoms with Gasteiger partial charge in [-0.1, -0.05) is 23.2 Å². The maximum atomic E-state index is 12.1. The SMILES string of the molecule is COc1c(Cl)cc(C(=O)Oc2ccc(NC(C)=O)cc2)cc1Cl. The molecule has 0 fully saturated rings. The normalized spacial score (nSPS) is 10.1. The van der Waals surface area contributed by atoms with E-state index in [-0.39, 0.29) is 21.5 Å². The van der Waals surface area contributed by atoms with E-state index in [0.29, 0.717) is 17.2 Å². The molecular weight excluding hydrogens is 341 g/mol. The summed E-state index contributed by atoms with van der Waals surface area (Å²) in [5, 5.41) is 3.05. The summed E-state index contributed by atoms with van der Waals surface area (Å²) >= 11 is 12.0. The number of hydrogen-bond acceptors (Lipinski definition) is 4. The van der Waals surface area contributed by atoms with Crippen molar-refractivity contribution in [1.29, 1.82) is 0 Å². The molecule has 0 atom stereocenters. The van der Waals surface area contributed by atoms with Crippen molar-refractivity contribution in [2.45, 2.75) is 6.92 Å². The minimum Gasteiger partial charge on any atom is -0.494 e. The summed E-state index contributed by atoms with van der Waals surface area (Å²) in [5.74, 6) is -0.169. The van der Waals surface area contributed by atoms with Gasteiger partial charge in [-0.05, 0) is 36.4 Å². The van der Waals surface area contributed by atoms with Gasteiger partial charge in [-0.3, -0.25) is 4.79 Å². The van der Waals surface area contributed by atoms with Crippen LogP contribution < -0.4 is 14.8 Å². The van der Waals surface area contributed by atoms with E-state index in [2.05, 4.69) is 5.32 Å². The van der Waals surface area contributed by atoms with E-state index in [4.69, 9.17) is 32.7 Å². The third-order valence-electron chi connectivity index (χ3n) is 2.82. The van der Waals surface area contributed by atoms with E-state index in [1.54, 1.807) is 24.3 Å². The number of hydrogen-bond donors (Lipinski definition) is 1. The van der Waals surface area contributed by atoms with Crippen molar-refractivity contribution in [3.8, 4) is 11.5 Å². The maximum absolute atomic E-state index is 12.1. The van der Waals surface area contributed by atoms with Crippen LogP contribution in [0.2, 0.25) is 10.0 Å². The number of amides is 1. The van der Waals surface area contributed by atoms with Crippen molar-refractivity contribution in [2.75, 3.05) is 12.4 Å². The largest absolute Gasteiger partial charge is 0.494 e. The van der Waals surface area contributed by atoms with Crippen LogP contribution >= 0.6 is 23.2 Å². The predicted octanol–water partition coefficient (Wildman–Crippen LogP) is 4.18. The van der Waals surface area contributed by atoms with Gasteiger partial charge in [0.25, 0.3) is 0 Å². The molecule has 1 N–H and O–H groups in total. The molecule has 0 spiro atoms. The Balaban J connectivity index is 2.14. The third kappa shape index (κ3) is 4.37. The molecule has 0 aliphatic heterocycles. The van der Waals surface area contributed by atoms with Crippen molar-refractivity contribution in [1.82, 2.24) is 0 Å². The average molecular weight is 354 g/mol. The summed E-state index contributed by atoms with van der Waals surface area (Å²) in [4.78, 5) is 23.1. The minimum absolute atomic E-state index is 0.183. The van der Waals surface area contributed by atoms with Crippen LogP contribution in [0.15, 0.2) is 36.4 Å². The van der Waals surface area contributed by atoms with Gasteiger partial charge < -0.3 is 14.8 Å². The molecule has 0 aromatic heterocycles. The highest BCUT2D eigenvalue weighted by molar-refractivity contribution is 6.37. The molecule has 0 radical (unpaired) electrons. The number of rotatable bonds is 4. The second kappa shape index (κ2) is 7.35. The minimum atomic E-state index is -0.608.